The van der Waals surface area contributed by atoms with Crippen molar-refractivity contribution in [1.29, 1.82) is 0 Å². The molecule has 0 saturated carbocycles. The molecule has 1 amide bonds. The predicted octanol–water partition coefficient (Wildman–Crippen LogP) is 1.96. The van der Waals surface area contributed by atoms with Gasteiger partial charge in [-0.05, 0) is 36.9 Å². The van der Waals surface area contributed by atoms with Gasteiger partial charge in [0.05, 0.1) is 0 Å². The minimum absolute atomic E-state index is 0.187. The summed E-state index contributed by atoms with van der Waals surface area (Å²) in [6, 6.07) is 4.97. The third kappa shape index (κ3) is 3.18. The number of hydrogen-bond acceptors (Lipinski definition) is 3. The first kappa shape index (κ1) is 15.9. The first-order valence-corrected chi connectivity index (χ1v) is 8.54. The van der Waals surface area contributed by atoms with Gasteiger partial charge >= 0.3 is 0 Å². The van der Waals surface area contributed by atoms with Gasteiger partial charge in [0.1, 0.15) is 13.7 Å². The van der Waals surface area contributed by atoms with Gasteiger partial charge in [-0.1, -0.05) is 18.5 Å². The molecule has 2 aliphatic heterocycles. The Morgan fingerprint density at radius 3 is 2.86 bits per heavy atom. The molecule has 0 N–H and O–H groups in total. The molecule has 22 heavy (non-hydrogen) atoms. The Labute approximate surface area is 136 Å². The maximum atomic E-state index is 13.5. The zero-order valence-electron chi connectivity index (χ0n) is 12.8. The van der Waals surface area contributed by atoms with Gasteiger partial charge in [-0.25, -0.2) is 8.70 Å². The van der Waals surface area contributed by atoms with E-state index < -0.39 is 0 Å². The number of carbonyl (C=O) groups excluding carboxylic acids is 1. The van der Waals surface area contributed by atoms with E-state index in [0.29, 0.717) is 6.42 Å². The number of amides is 1. The predicted molar refractivity (Wildman–Crippen MR) is 87.8 cm³/mol. The summed E-state index contributed by atoms with van der Waals surface area (Å²) in [6.07, 6.45) is 2.88. The Morgan fingerprint density at radius 2 is 2.18 bits per heavy atom. The van der Waals surface area contributed by atoms with Gasteiger partial charge in [0.15, 0.2) is 0 Å². The van der Waals surface area contributed by atoms with Crippen LogP contribution in [0.15, 0.2) is 23.1 Å². The monoisotopic (exact) mass is 318 g/mol. The standard InChI is InChI=1S/C16H20BFN2OS/c1-2-15(21)19-9-16(10-19)6-3-7-20(11-16)22-12-4-5-13(17)14(18)8-12/h4-5,8H,2-3,6-7,9-11H2,1H3. The lowest BCUT2D eigenvalue weighted by Crippen LogP contribution is -2.63. The number of carbonyl (C=O) groups is 1. The molecule has 2 radical (unpaired) electrons. The van der Waals surface area contributed by atoms with Crippen molar-refractivity contribution < 1.29 is 9.18 Å². The highest BCUT2D eigenvalue weighted by molar-refractivity contribution is 7.97. The number of benzene rings is 1. The van der Waals surface area contributed by atoms with Gasteiger partial charge in [-0.15, -0.1) is 0 Å². The molecule has 6 heteroatoms. The molecule has 0 unspecified atom stereocenters. The fourth-order valence-electron chi connectivity index (χ4n) is 3.38. The molecule has 0 aliphatic carbocycles. The zero-order valence-corrected chi connectivity index (χ0v) is 13.7. The molecule has 0 aromatic heterocycles. The fraction of sp³-hybridized carbons (Fsp3) is 0.562. The molecular weight excluding hydrogens is 298 g/mol. The number of hydrogen-bond donors (Lipinski definition) is 0. The second-order valence-electron chi connectivity index (χ2n) is 6.35. The average Bonchev–Trinajstić information content (AvgIpc) is 2.48. The summed E-state index contributed by atoms with van der Waals surface area (Å²) in [5.41, 5.74) is 0.426. The Morgan fingerprint density at radius 1 is 1.41 bits per heavy atom. The van der Waals surface area contributed by atoms with Gasteiger partial charge in [0, 0.05) is 42.9 Å². The first-order chi connectivity index (χ1) is 10.5. The Hall–Kier alpha value is -1.01. The fourth-order valence-corrected chi connectivity index (χ4v) is 4.52. The third-order valence-corrected chi connectivity index (χ3v) is 5.58. The number of rotatable bonds is 3. The topological polar surface area (TPSA) is 23.6 Å². The van der Waals surface area contributed by atoms with Crippen molar-refractivity contribution in [2.75, 3.05) is 26.2 Å². The summed E-state index contributed by atoms with van der Waals surface area (Å²) in [7, 11) is 5.52. The minimum atomic E-state index is -0.361. The van der Waals surface area contributed by atoms with Crippen LogP contribution in [0.2, 0.25) is 0 Å². The summed E-state index contributed by atoms with van der Waals surface area (Å²) in [4.78, 5) is 14.6. The Bertz CT molecular complexity index is 577. The van der Waals surface area contributed by atoms with Crippen LogP contribution in [-0.4, -0.2) is 49.1 Å². The Kier molecular flexibility index (Phi) is 4.50. The lowest BCUT2D eigenvalue weighted by Gasteiger charge is -2.54. The lowest BCUT2D eigenvalue weighted by atomic mass is 9.74. The van der Waals surface area contributed by atoms with E-state index in [9.17, 15) is 9.18 Å². The van der Waals surface area contributed by atoms with E-state index in [1.54, 1.807) is 18.0 Å². The molecule has 1 aromatic rings. The molecule has 116 valence electrons. The molecule has 2 heterocycles. The normalized spacial score (nSPS) is 20.9. The molecule has 0 atom stereocenters. The first-order valence-electron chi connectivity index (χ1n) is 7.77. The maximum absolute atomic E-state index is 13.5. The second-order valence-corrected chi connectivity index (χ2v) is 7.52. The Balaban J connectivity index is 1.60. The van der Waals surface area contributed by atoms with Gasteiger partial charge in [-0.3, -0.25) is 4.79 Å². The molecule has 3 nitrogen and oxygen atoms in total. The van der Waals surface area contributed by atoms with Crippen LogP contribution in [0.3, 0.4) is 0 Å². The van der Waals surface area contributed by atoms with Crippen molar-refractivity contribution in [1.82, 2.24) is 9.21 Å². The summed E-state index contributed by atoms with van der Waals surface area (Å²) >= 11 is 1.59. The molecule has 2 aliphatic rings. The van der Waals surface area contributed by atoms with E-state index in [4.69, 9.17) is 7.85 Å². The SMILES string of the molecule is [B]c1ccc(SN2CCCC3(C2)CN(C(=O)CC)C3)cc1F. The highest BCUT2D eigenvalue weighted by Gasteiger charge is 2.47. The van der Waals surface area contributed by atoms with E-state index in [1.807, 2.05) is 17.9 Å². The van der Waals surface area contributed by atoms with Crippen molar-refractivity contribution in [3.8, 4) is 0 Å². The highest BCUT2D eigenvalue weighted by atomic mass is 32.2. The van der Waals surface area contributed by atoms with Crippen molar-refractivity contribution >= 4 is 31.2 Å². The minimum Gasteiger partial charge on any atom is -0.341 e. The van der Waals surface area contributed by atoms with Crippen molar-refractivity contribution in [2.45, 2.75) is 31.1 Å². The van der Waals surface area contributed by atoms with Gasteiger partial charge < -0.3 is 4.90 Å². The molecule has 1 aromatic carbocycles. The number of piperidine rings is 1. The summed E-state index contributed by atoms with van der Waals surface area (Å²) < 4.78 is 15.8. The zero-order chi connectivity index (χ0) is 15.7. The van der Waals surface area contributed by atoms with Crippen LogP contribution in [0.4, 0.5) is 4.39 Å². The van der Waals surface area contributed by atoms with E-state index in [1.165, 1.54) is 12.5 Å². The largest absolute Gasteiger partial charge is 0.341 e. The molecule has 3 rings (SSSR count). The van der Waals surface area contributed by atoms with E-state index in [2.05, 4.69) is 4.31 Å². The highest BCUT2D eigenvalue weighted by Crippen LogP contribution is 2.42. The molecule has 2 saturated heterocycles. The van der Waals surface area contributed by atoms with E-state index in [0.717, 1.165) is 37.5 Å². The van der Waals surface area contributed by atoms with Crippen LogP contribution in [-0.2, 0) is 4.79 Å². The van der Waals surface area contributed by atoms with Crippen LogP contribution in [0.25, 0.3) is 0 Å². The third-order valence-electron chi connectivity index (χ3n) is 4.54. The van der Waals surface area contributed by atoms with Gasteiger partial charge in [0.25, 0.3) is 0 Å². The smallest absolute Gasteiger partial charge is 0.222 e. The molecule has 2 fully saturated rings. The summed E-state index contributed by atoms with van der Waals surface area (Å²) in [5, 5.41) is 0. The average molecular weight is 318 g/mol. The van der Waals surface area contributed by atoms with Crippen LogP contribution in [0.5, 0.6) is 0 Å². The molecule has 0 bridgehead atoms. The molecular formula is C16H20BFN2OS. The van der Waals surface area contributed by atoms with Crippen LogP contribution in [0, 0.1) is 11.2 Å². The van der Waals surface area contributed by atoms with E-state index >= 15 is 0 Å². The number of nitrogens with zero attached hydrogens (tertiary/aromatic N) is 2. The van der Waals surface area contributed by atoms with Crippen LogP contribution < -0.4 is 5.46 Å². The van der Waals surface area contributed by atoms with Crippen LogP contribution in [0.1, 0.15) is 26.2 Å². The van der Waals surface area contributed by atoms with Crippen molar-refractivity contribution in [3.63, 3.8) is 0 Å². The van der Waals surface area contributed by atoms with Gasteiger partial charge in [0.2, 0.25) is 5.91 Å². The molecule has 1 spiro atoms. The van der Waals surface area contributed by atoms with Crippen LogP contribution >= 0.6 is 11.9 Å². The number of halogens is 1. The second kappa shape index (κ2) is 6.24. The quantitative estimate of drug-likeness (QED) is 0.629. The maximum Gasteiger partial charge on any atom is 0.222 e. The summed E-state index contributed by atoms with van der Waals surface area (Å²) in [5.74, 6) is -0.115. The van der Waals surface area contributed by atoms with Crippen molar-refractivity contribution in [3.05, 3.63) is 24.0 Å². The van der Waals surface area contributed by atoms with Gasteiger partial charge in [-0.2, -0.15) is 0 Å². The summed E-state index contributed by atoms with van der Waals surface area (Å²) in [6.45, 7) is 5.60. The van der Waals surface area contributed by atoms with E-state index in [-0.39, 0.29) is 22.6 Å². The number of likely N-dealkylation sites (tertiary alicyclic amines) is 1. The lowest BCUT2D eigenvalue weighted by molar-refractivity contribution is -0.145. The van der Waals surface area contributed by atoms with Crippen molar-refractivity contribution in [2.24, 2.45) is 5.41 Å².